The zero-order valence-corrected chi connectivity index (χ0v) is 22.3. The van der Waals surface area contributed by atoms with E-state index in [-0.39, 0.29) is 24.8 Å². The first-order chi connectivity index (χ1) is 18.9. The molecule has 0 aliphatic carbocycles. The summed E-state index contributed by atoms with van der Waals surface area (Å²) < 4.78 is 0. The highest BCUT2D eigenvalue weighted by molar-refractivity contribution is 7.13. The van der Waals surface area contributed by atoms with Gasteiger partial charge in [-0.25, -0.2) is 4.79 Å². The van der Waals surface area contributed by atoms with Crippen molar-refractivity contribution < 1.29 is 19.5 Å². The zero-order chi connectivity index (χ0) is 27.8. The van der Waals surface area contributed by atoms with Crippen LogP contribution < -0.4 is 16.4 Å². The number of hydrogen-bond acceptors (Lipinski definition) is 5. The average Bonchev–Trinajstić information content (AvgIpc) is 3.48. The third kappa shape index (κ3) is 7.03. The molecule has 200 valence electrons. The number of carbonyl (C=O) groups excluding carboxylic acids is 2. The first kappa shape index (κ1) is 27.4. The number of rotatable bonds is 10. The monoisotopic (exact) mass is 542 g/mol. The van der Waals surface area contributed by atoms with E-state index < -0.39 is 12.1 Å². The molecule has 0 radical (unpaired) electrons. The standard InChI is InChI=1S/C30H30N4O4S/c1-2-32-29(36)26(34(30(37)38)19-21-7-4-3-5-8-21)17-20-10-12-22(13-11-20)28(35)33-25-18-23(14-15-24(25)31)27-9-6-16-39-27/h3-16,18,26H,2,17,19,31H2,1H3,(H,32,36)(H,33,35)(H,37,38)/t26-/m0/s1. The molecule has 3 aromatic carbocycles. The van der Waals surface area contributed by atoms with Crippen molar-refractivity contribution in [3.63, 3.8) is 0 Å². The van der Waals surface area contributed by atoms with Gasteiger partial charge in [-0.1, -0.05) is 54.6 Å². The molecule has 5 N–H and O–H groups in total. The highest BCUT2D eigenvalue weighted by Crippen LogP contribution is 2.30. The van der Waals surface area contributed by atoms with Crippen LogP contribution in [0.5, 0.6) is 0 Å². The summed E-state index contributed by atoms with van der Waals surface area (Å²) in [5.41, 5.74) is 9.95. The molecule has 0 saturated heterocycles. The summed E-state index contributed by atoms with van der Waals surface area (Å²) in [4.78, 5) is 40.3. The first-order valence-electron chi connectivity index (χ1n) is 12.5. The van der Waals surface area contributed by atoms with Crippen LogP contribution in [0.3, 0.4) is 0 Å². The van der Waals surface area contributed by atoms with E-state index in [0.717, 1.165) is 26.5 Å². The number of benzene rings is 3. The molecule has 9 heteroatoms. The Morgan fingerprint density at radius 3 is 2.33 bits per heavy atom. The number of amides is 3. The summed E-state index contributed by atoms with van der Waals surface area (Å²) in [5.74, 6) is -0.702. The molecule has 1 atom stereocenters. The summed E-state index contributed by atoms with van der Waals surface area (Å²) in [5, 5.41) is 17.5. The smallest absolute Gasteiger partial charge is 0.408 e. The fraction of sp³-hybridized carbons (Fsp3) is 0.167. The average molecular weight is 543 g/mol. The molecule has 4 rings (SSSR count). The van der Waals surface area contributed by atoms with Crippen LogP contribution in [0.2, 0.25) is 0 Å². The Labute approximate surface area is 231 Å². The second-order valence-corrected chi connectivity index (χ2v) is 9.89. The lowest BCUT2D eigenvalue weighted by atomic mass is 10.0. The van der Waals surface area contributed by atoms with E-state index in [9.17, 15) is 19.5 Å². The van der Waals surface area contributed by atoms with Crippen LogP contribution in [0.15, 0.2) is 90.3 Å². The maximum atomic E-state index is 13.0. The number of carbonyl (C=O) groups is 3. The lowest BCUT2D eigenvalue weighted by molar-refractivity contribution is -0.126. The third-order valence-corrected chi connectivity index (χ3v) is 7.14. The van der Waals surface area contributed by atoms with Crippen molar-refractivity contribution in [2.75, 3.05) is 17.6 Å². The third-order valence-electron chi connectivity index (χ3n) is 6.22. The Balaban J connectivity index is 1.50. The van der Waals surface area contributed by atoms with Crippen LogP contribution in [0.1, 0.15) is 28.4 Å². The Morgan fingerprint density at radius 1 is 0.949 bits per heavy atom. The minimum absolute atomic E-state index is 0.0738. The molecule has 3 amide bonds. The van der Waals surface area contributed by atoms with Crippen LogP contribution in [0.4, 0.5) is 16.2 Å². The zero-order valence-electron chi connectivity index (χ0n) is 21.5. The number of anilines is 2. The van der Waals surface area contributed by atoms with Gasteiger partial charge in [0.25, 0.3) is 5.91 Å². The van der Waals surface area contributed by atoms with Gasteiger partial charge < -0.3 is 21.5 Å². The summed E-state index contributed by atoms with van der Waals surface area (Å²) in [6, 6.07) is 24.5. The fourth-order valence-corrected chi connectivity index (χ4v) is 4.92. The molecule has 1 aromatic heterocycles. The van der Waals surface area contributed by atoms with Crippen LogP contribution >= 0.6 is 11.3 Å². The molecule has 0 spiro atoms. The Morgan fingerprint density at radius 2 is 1.69 bits per heavy atom. The van der Waals surface area contributed by atoms with E-state index in [1.54, 1.807) is 48.6 Å². The first-order valence-corrected chi connectivity index (χ1v) is 13.4. The summed E-state index contributed by atoms with van der Waals surface area (Å²) in [6.45, 7) is 2.24. The molecular formula is C30H30N4O4S. The van der Waals surface area contributed by atoms with Crippen molar-refractivity contribution in [3.8, 4) is 10.4 Å². The Bertz CT molecular complexity index is 1420. The topological polar surface area (TPSA) is 125 Å². The van der Waals surface area contributed by atoms with Gasteiger partial charge in [0.15, 0.2) is 0 Å². The van der Waals surface area contributed by atoms with Crippen molar-refractivity contribution in [2.45, 2.75) is 25.9 Å². The SMILES string of the molecule is CCNC(=O)[C@H](Cc1ccc(C(=O)Nc2cc(-c3cccs3)ccc2N)cc1)N(Cc1ccccc1)C(=O)O. The number of nitrogens with two attached hydrogens (primary N) is 1. The molecule has 39 heavy (non-hydrogen) atoms. The van der Waals surface area contributed by atoms with Gasteiger partial charge in [-0.2, -0.15) is 0 Å². The highest BCUT2D eigenvalue weighted by atomic mass is 32.1. The Hall–Kier alpha value is -4.63. The lowest BCUT2D eigenvalue weighted by Crippen LogP contribution is -2.50. The van der Waals surface area contributed by atoms with Gasteiger partial charge in [0.2, 0.25) is 5.91 Å². The van der Waals surface area contributed by atoms with Gasteiger partial charge in [-0.15, -0.1) is 11.3 Å². The van der Waals surface area contributed by atoms with Crippen LogP contribution in [0.25, 0.3) is 10.4 Å². The van der Waals surface area contributed by atoms with Crippen molar-refractivity contribution in [1.82, 2.24) is 10.2 Å². The highest BCUT2D eigenvalue weighted by Gasteiger charge is 2.30. The van der Waals surface area contributed by atoms with Crippen LogP contribution in [-0.2, 0) is 17.8 Å². The molecular weight excluding hydrogens is 512 g/mol. The molecule has 0 aliphatic heterocycles. The predicted molar refractivity (Wildman–Crippen MR) is 155 cm³/mol. The van der Waals surface area contributed by atoms with E-state index in [4.69, 9.17) is 5.73 Å². The van der Waals surface area contributed by atoms with Crippen molar-refractivity contribution in [3.05, 3.63) is 107 Å². The molecule has 0 unspecified atom stereocenters. The van der Waals surface area contributed by atoms with E-state index in [2.05, 4.69) is 10.6 Å². The number of carboxylic acid groups (broad SMARTS) is 1. The summed E-state index contributed by atoms with van der Waals surface area (Å²) in [6.07, 6.45) is -1.03. The van der Waals surface area contributed by atoms with E-state index in [0.29, 0.717) is 23.5 Å². The summed E-state index contributed by atoms with van der Waals surface area (Å²) >= 11 is 1.60. The Kier molecular flexibility index (Phi) is 8.96. The molecule has 0 saturated carbocycles. The quantitative estimate of drug-likeness (QED) is 0.198. The van der Waals surface area contributed by atoms with Gasteiger partial charge in [-0.05, 0) is 59.3 Å². The van der Waals surface area contributed by atoms with Gasteiger partial charge in [0.05, 0.1) is 11.4 Å². The van der Waals surface area contributed by atoms with Crippen LogP contribution in [0, 0.1) is 0 Å². The predicted octanol–water partition coefficient (Wildman–Crippen LogP) is 5.48. The molecule has 0 fully saturated rings. The van der Waals surface area contributed by atoms with Crippen molar-refractivity contribution >= 4 is 40.6 Å². The number of likely N-dealkylation sites (N-methyl/N-ethyl adjacent to an activating group) is 1. The van der Waals surface area contributed by atoms with Crippen molar-refractivity contribution in [2.24, 2.45) is 0 Å². The van der Waals surface area contributed by atoms with Crippen molar-refractivity contribution in [1.29, 1.82) is 0 Å². The lowest BCUT2D eigenvalue weighted by Gasteiger charge is -2.28. The minimum atomic E-state index is -1.19. The van der Waals surface area contributed by atoms with Gasteiger partial charge in [-0.3, -0.25) is 14.5 Å². The van der Waals surface area contributed by atoms with E-state index >= 15 is 0 Å². The number of hydrogen-bond donors (Lipinski definition) is 4. The van der Waals surface area contributed by atoms with Gasteiger partial charge in [0, 0.05) is 30.0 Å². The second kappa shape index (κ2) is 12.7. The van der Waals surface area contributed by atoms with Gasteiger partial charge in [0.1, 0.15) is 6.04 Å². The fourth-order valence-electron chi connectivity index (χ4n) is 4.20. The molecule has 0 aliphatic rings. The van der Waals surface area contributed by atoms with E-state index in [1.165, 1.54) is 0 Å². The summed E-state index contributed by atoms with van der Waals surface area (Å²) in [7, 11) is 0. The molecule has 0 bridgehead atoms. The largest absolute Gasteiger partial charge is 0.465 e. The van der Waals surface area contributed by atoms with Gasteiger partial charge >= 0.3 is 6.09 Å². The molecule has 8 nitrogen and oxygen atoms in total. The molecule has 4 aromatic rings. The number of nitrogen functional groups attached to an aromatic ring is 1. The number of nitrogens with zero attached hydrogens (tertiary/aromatic N) is 1. The number of nitrogens with one attached hydrogen (secondary N) is 2. The van der Waals surface area contributed by atoms with E-state index in [1.807, 2.05) is 60.0 Å². The normalized spacial score (nSPS) is 11.4. The number of thiophene rings is 1. The maximum Gasteiger partial charge on any atom is 0.408 e. The van der Waals surface area contributed by atoms with Crippen LogP contribution in [-0.4, -0.2) is 40.5 Å². The maximum absolute atomic E-state index is 13.0. The minimum Gasteiger partial charge on any atom is -0.465 e. The second-order valence-electron chi connectivity index (χ2n) is 8.94. The molecule has 1 heterocycles.